The number of pyridine rings is 1. The second-order valence-electron chi connectivity index (χ2n) is 10.1. The monoisotopic (exact) mass is 519 g/mol. The van der Waals surface area contributed by atoms with Gasteiger partial charge in [0.1, 0.15) is 17.2 Å². The van der Waals surface area contributed by atoms with Gasteiger partial charge in [0.05, 0.1) is 37.3 Å². The van der Waals surface area contributed by atoms with E-state index in [-0.39, 0.29) is 30.0 Å². The van der Waals surface area contributed by atoms with Gasteiger partial charge in [-0.2, -0.15) is 0 Å². The standard InChI is InChI=1S/C27H29F4N3O3/c1-15(16-7-6-8-17(23(16)28)24(29)30)33-20-9-10-32-21-12-22(36-5)19(11-18(20)21)27(31)13-34(14-27)25(35)37-26(2,3)4/h6-12,15,24H,13-14H2,1-5H3,(H,32,33). The molecule has 10 heteroatoms. The van der Waals surface area contributed by atoms with Crippen LogP contribution in [0.15, 0.2) is 42.6 Å². The molecule has 1 atom stereocenters. The van der Waals surface area contributed by atoms with E-state index in [4.69, 9.17) is 9.47 Å². The van der Waals surface area contributed by atoms with Crippen molar-refractivity contribution in [3.05, 3.63) is 65.1 Å². The summed E-state index contributed by atoms with van der Waals surface area (Å²) in [6.45, 7) is 6.42. The summed E-state index contributed by atoms with van der Waals surface area (Å²) in [5.41, 5.74) is -1.95. The number of aromatic nitrogens is 1. The molecule has 0 saturated carbocycles. The second kappa shape index (κ2) is 9.72. The van der Waals surface area contributed by atoms with E-state index in [2.05, 4.69) is 10.3 Å². The molecule has 1 saturated heterocycles. The van der Waals surface area contributed by atoms with Crippen LogP contribution in [0.1, 0.15) is 56.9 Å². The molecule has 0 aliphatic carbocycles. The number of hydrogen-bond donors (Lipinski definition) is 1. The van der Waals surface area contributed by atoms with Gasteiger partial charge in [-0.05, 0) is 39.8 Å². The number of carbonyl (C=O) groups excluding carboxylic acids is 1. The summed E-state index contributed by atoms with van der Waals surface area (Å²) in [5.74, 6) is -0.704. The van der Waals surface area contributed by atoms with Crippen LogP contribution in [-0.4, -0.2) is 41.8 Å². The molecule has 198 valence electrons. The van der Waals surface area contributed by atoms with Crippen LogP contribution < -0.4 is 10.1 Å². The van der Waals surface area contributed by atoms with Gasteiger partial charge in [-0.15, -0.1) is 0 Å². The Labute approximate surface area is 212 Å². The van der Waals surface area contributed by atoms with Gasteiger partial charge in [-0.1, -0.05) is 18.2 Å². The maximum absolute atomic E-state index is 16.0. The summed E-state index contributed by atoms with van der Waals surface area (Å²) in [6.07, 6.45) is -2.01. The van der Waals surface area contributed by atoms with Crippen molar-refractivity contribution in [1.29, 1.82) is 0 Å². The van der Waals surface area contributed by atoms with Crippen LogP contribution in [0.25, 0.3) is 10.9 Å². The molecule has 2 aromatic carbocycles. The average molecular weight is 520 g/mol. The lowest BCUT2D eigenvalue weighted by Gasteiger charge is -2.45. The maximum atomic E-state index is 16.0. The number of nitrogens with zero attached hydrogens (tertiary/aromatic N) is 2. The Kier molecular flexibility index (Phi) is 6.96. The van der Waals surface area contributed by atoms with Crippen LogP contribution >= 0.6 is 0 Å². The molecule has 0 radical (unpaired) electrons. The second-order valence-corrected chi connectivity index (χ2v) is 10.1. The molecule has 1 unspecified atom stereocenters. The number of carbonyl (C=O) groups is 1. The number of methoxy groups -OCH3 is 1. The third-order valence-corrected chi connectivity index (χ3v) is 6.21. The molecule has 2 heterocycles. The van der Waals surface area contributed by atoms with E-state index in [1.807, 2.05) is 0 Å². The van der Waals surface area contributed by atoms with E-state index < -0.39 is 41.2 Å². The minimum atomic E-state index is -2.94. The molecule has 0 spiro atoms. The van der Waals surface area contributed by atoms with Crippen LogP contribution in [0.3, 0.4) is 0 Å². The van der Waals surface area contributed by atoms with Crippen molar-refractivity contribution in [1.82, 2.24) is 9.88 Å². The Morgan fingerprint density at radius 3 is 2.46 bits per heavy atom. The molecule has 3 aromatic rings. The van der Waals surface area contributed by atoms with E-state index in [1.54, 1.807) is 45.9 Å². The van der Waals surface area contributed by atoms with Crippen LogP contribution in [0.5, 0.6) is 5.75 Å². The van der Waals surface area contributed by atoms with E-state index in [9.17, 15) is 18.0 Å². The van der Waals surface area contributed by atoms with Gasteiger partial charge in [0.25, 0.3) is 6.43 Å². The molecule has 37 heavy (non-hydrogen) atoms. The highest BCUT2D eigenvalue weighted by molar-refractivity contribution is 5.93. The van der Waals surface area contributed by atoms with E-state index in [1.165, 1.54) is 30.3 Å². The van der Waals surface area contributed by atoms with Crippen molar-refractivity contribution in [2.75, 3.05) is 25.5 Å². The number of nitrogens with one attached hydrogen (secondary N) is 1. The van der Waals surface area contributed by atoms with Crippen molar-refractivity contribution >= 4 is 22.7 Å². The minimum Gasteiger partial charge on any atom is -0.496 e. The Balaban J connectivity index is 1.66. The molecular formula is C27H29F4N3O3. The Hall–Kier alpha value is -3.56. The Morgan fingerprint density at radius 1 is 1.16 bits per heavy atom. The highest BCUT2D eigenvalue weighted by Gasteiger charge is 2.50. The number of ether oxygens (including phenoxy) is 2. The van der Waals surface area contributed by atoms with Gasteiger partial charge in [-0.3, -0.25) is 4.98 Å². The molecule has 1 aliphatic rings. The predicted molar refractivity (Wildman–Crippen MR) is 132 cm³/mol. The zero-order chi connectivity index (χ0) is 27.1. The largest absolute Gasteiger partial charge is 0.496 e. The molecule has 0 bridgehead atoms. The summed E-state index contributed by atoms with van der Waals surface area (Å²) in [5, 5.41) is 3.67. The Morgan fingerprint density at radius 2 is 1.84 bits per heavy atom. The number of amides is 1. The predicted octanol–water partition coefficient (Wildman–Crippen LogP) is 6.91. The quantitative estimate of drug-likeness (QED) is 0.359. The number of hydrogen-bond acceptors (Lipinski definition) is 5. The molecule has 1 N–H and O–H groups in total. The average Bonchev–Trinajstić information content (AvgIpc) is 2.80. The zero-order valence-electron chi connectivity index (χ0n) is 21.2. The Bertz CT molecular complexity index is 1320. The molecule has 4 rings (SSSR count). The fraction of sp³-hybridized carbons (Fsp3) is 0.407. The molecule has 1 fully saturated rings. The number of fused-ring (bicyclic) bond motifs is 1. The third-order valence-electron chi connectivity index (χ3n) is 6.21. The SMILES string of the molecule is COc1cc2nccc(NC(C)c3cccc(C(F)F)c3F)c2cc1C1(F)CN(C(=O)OC(C)(C)C)C1. The summed E-state index contributed by atoms with van der Waals surface area (Å²) >= 11 is 0. The molecule has 1 aromatic heterocycles. The number of likely N-dealkylation sites (tertiary alicyclic amines) is 1. The van der Waals surface area contributed by atoms with Crippen LogP contribution in [0.2, 0.25) is 0 Å². The molecular weight excluding hydrogens is 490 g/mol. The van der Waals surface area contributed by atoms with Crippen molar-refractivity contribution in [3.63, 3.8) is 0 Å². The summed E-state index contributed by atoms with van der Waals surface area (Å²) in [4.78, 5) is 18.0. The fourth-order valence-corrected chi connectivity index (χ4v) is 4.39. The topological polar surface area (TPSA) is 63.7 Å². The van der Waals surface area contributed by atoms with Gasteiger partial charge in [0.15, 0.2) is 5.67 Å². The first kappa shape index (κ1) is 26.5. The summed E-state index contributed by atoms with van der Waals surface area (Å²) in [7, 11) is 1.42. The van der Waals surface area contributed by atoms with Crippen molar-refractivity contribution in [2.45, 2.75) is 51.4 Å². The molecule has 6 nitrogen and oxygen atoms in total. The lowest BCUT2D eigenvalue weighted by atomic mass is 9.86. The van der Waals surface area contributed by atoms with Crippen LogP contribution in [0, 0.1) is 5.82 Å². The molecule has 1 aliphatic heterocycles. The van der Waals surface area contributed by atoms with E-state index >= 15 is 4.39 Å². The third kappa shape index (κ3) is 5.28. The summed E-state index contributed by atoms with van der Waals surface area (Å²) < 4.78 is 67.9. The number of benzene rings is 2. The fourth-order valence-electron chi connectivity index (χ4n) is 4.39. The van der Waals surface area contributed by atoms with Crippen molar-refractivity contribution in [2.24, 2.45) is 0 Å². The minimum absolute atomic E-state index is 0.0745. The zero-order valence-corrected chi connectivity index (χ0v) is 21.2. The van der Waals surface area contributed by atoms with E-state index in [0.717, 1.165) is 6.07 Å². The van der Waals surface area contributed by atoms with Crippen LogP contribution in [-0.2, 0) is 10.4 Å². The first-order chi connectivity index (χ1) is 17.3. The van der Waals surface area contributed by atoms with Gasteiger partial charge in [0, 0.05) is 34.5 Å². The number of alkyl halides is 3. The van der Waals surface area contributed by atoms with Crippen LogP contribution in [0.4, 0.5) is 28.0 Å². The van der Waals surface area contributed by atoms with Gasteiger partial charge < -0.3 is 19.7 Å². The van der Waals surface area contributed by atoms with Gasteiger partial charge in [0.2, 0.25) is 0 Å². The number of rotatable bonds is 6. The highest BCUT2D eigenvalue weighted by atomic mass is 19.3. The van der Waals surface area contributed by atoms with Gasteiger partial charge >= 0.3 is 6.09 Å². The maximum Gasteiger partial charge on any atom is 0.410 e. The van der Waals surface area contributed by atoms with E-state index in [0.29, 0.717) is 16.6 Å². The first-order valence-electron chi connectivity index (χ1n) is 11.8. The lowest BCUT2D eigenvalue weighted by Crippen LogP contribution is -2.59. The normalized spacial score (nSPS) is 15.9. The van der Waals surface area contributed by atoms with Gasteiger partial charge in [-0.25, -0.2) is 22.4 Å². The first-order valence-corrected chi connectivity index (χ1v) is 11.8. The van der Waals surface area contributed by atoms with Crippen molar-refractivity contribution in [3.8, 4) is 5.75 Å². The number of anilines is 1. The molecule has 1 amide bonds. The summed E-state index contributed by atoms with van der Waals surface area (Å²) in [6, 6.07) is 8.02. The lowest BCUT2D eigenvalue weighted by molar-refractivity contribution is -0.0545. The smallest absolute Gasteiger partial charge is 0.410 e. The van der Waals surface area contributed by atoms with Crippen molar-refractivity contribution < 1.29 is 31.8 Å². The number of halogens is 4. The highest BCUT2D eigenvalue weighted by Crippen LogP contribution is 2.44.